The summed E-state index contributed by atoms with van der Waals surface area (Å²) in [6.07, 6.45) is 6.09. The van der Waals surface area contributed by atoms with E-state index in [-0.39, 0.29) is 6.61 Å². The Kier molecular flexibility index (Phi) is 8.82. The van der Waals surface area contributed by atoms with Crippen molar-refractivity contribution in [3.8, 4) is 0 Å². The van der Waals surface area contributed by atoms with E-state index in [9.17, 15) is 14.2 Å². The zero-order valence-electron chi connectivity index (χ0n) is 17.4. The van der Waals surface area contributed by atoms with Crippen LogP contribution in [0.4, 0.5) is 0 Å². The standard InChI is InChI=1S/C24H27O5P/c1-4-12-23(29-20(3)26)24(17-11-18-28-19(2)25)30(27,21-13-7-5-8-14-21)22-15-9-6-10-16-22/h4-17,23-24H,18H2,1-3H3/b12-4+,17-11+/t23-,24+/m0/s1. The van der Waals surface area contributed by atoms with Gasteiger partial charge < -0.3 is 14.0 Å². The molecule has 0 N–H and O–H groups in total. The zero-order valence-corrected chi connectivity index (χ0v) is 18.3. The lowest BCUT2D eigenvalue weighted by atomic mass is 10.2. The molecule has 158 valence electrons. The molecule has 5 nitrogen and oxygen atoms in total. The van der Waals surface area contributed by atoms with Crippen LogP contribution >= 0.6 is 7.14 Å². The van der Waals surface area contributed by atoms with Gasteiger partial charge in [0.05, 0.1) is 5.66 Å². The molecular weight excluding hydrogens is 399 g/mol. The summed E-state index contributed by atoms with van der Waals surface area (Å²) in [4.78, 5) is 22.9. The maximum Gasteiger partial charge on any atom is 0.303 e. The number of carbonyl (C=O) groups excluding carboxylic acids is 2. The van der Waals surface area contributed by atoms with E-state index in [1.807, 2.05) is 67.6 Å². The van der Waals surface area contributed by atoms with E-state index in [1.165, 1.54) is 13.8 Å². The quantitative estimate of drug-likeness (QED) is 0.344. The Hall–Kier alpha value is -2.91. The van der Waals surface area contributed by atoms with Crippen LogP contribution in [0.5, 0.6) is 0 Å². The Bertz CT molecular complexity index is 891. The minimum absolute atomic E-state index is 0.0397. The molecule has 0 aliphatic rings. The first-order chi connectivity index (χ1) is 14.4. The van der Waals surface area contributed by atoms with Gasteiger partial charge in [0.15, 0.2) is 7.14 Å². The molecule has 2 rings (SSSR count). The molecule has 0 aliphatic heterocycles. The van der Waals surface area contributed by atoms with Crippen molar-refractivity contribution in [1.82, 2.24) is 0 Å². The number of esters is 2. The smallest absolute Gasteiger partial charge is 0.303 e. The number of benzene rings is 2. The van der Waals surface area contributed by atoms with Crippen LogP contribution in [0.1, 0.15) is 20.8 Å². The van der Waals surface area contributed by atoms with Crippen LogP contribution in [-0.2, 0) is 23.6 Å². The predicted molar refractivity (Wildman–Crippen MR) is 120 cm³/mol. The maximum absolute atomic E-state index is 14.8. The Balaban J connectivity index is 2.66. The van der Waals surface area contributed by atoms with Gasteiger partial charge in [-0.25, -0.2) is 0 Å². The Morgan fingerprint density at radius 3 is 1.87 bits per heavy atom. The van der Waals surface area contributed by atoms with Crippen molar-refractivity contribution >= 4 is 29.7 Å². The molecule has 0 saturated heterocycles. The minimum atomic E-state index is -3.30. The van der Waals surface area contributed by atoms with E-state index in [4.69, 9.17) is 9.47 Å². The Morgan fingerprint density at radius 2 is 1.43 bits per heavy atom. The fourth-order valence-corrected chi connectivity index (χ4v) is 6.35. The van der Waals surface area contributed by atoms with Gasteiger partial charge in [0.1, 0.15) is 12.7 Å². The molecule has 0 unspecified atom stereocenters. The monoisotopic (exact) mass is 426 g/mol. The molecule has 0 radical (unpaired) electrons. The number of ether oxygens (including phenoxy) is 2. The first-order valence-corrected chi connectivity index (χ1v) is 11.5. The van der Waals surface area contributed by atoms with E-state index in [0.717, 1.165) is 0 Å². The second-order valence-corrected chi connectivity index (χ2v) is 9.60. The lowest BCUT2D eigenvalue weighted by molar-refractivity contribution is -0.143. The van der Waals surface area contributed by atoms with Crippen molar-refractivity contribution in [2.75, 3.05) is 6.61 Å². The van der Waals surface area contributed by atoms with Gasteiger partial charge in [-0.15, -0.1) is 0 Å². The van der Waals surface area contributed by atoms with Crippen LogP contribution in [0, 0.1) is 0 Å². The highest BCUT2D eigenvalue weighted by molar-refractivity contribution is 7.79. The summed E-state index contributed by atoms with van der Waals surface area (Å²) in [5.41, 5.74) is -0.682. The second kappa shape index (κ2) is 11.3. The summed E-state index contributed by atoms with van der Waals surface area (Å²) in [5.74, 6) is -0.875. The number of carbonyl (C=O) groups is 2. The average molecular weight is 426 g/mol. The number of hydrogen-bond acceptors (Lipinski definition) is 5. The molecular formula is C24H27O5P. The van der Waals surface area contributed by atoms with Crippen LogP contribution in [0.25, 0.3) is 0 Å². The van der Waals surface area contributed by atoms with Crippen LogP contribution in [0.3, 0.4) is 0 Å². The van der Waals surface area contributed by atoms with E-state index < -0.39 is 30.8 Å². The third-order valence-electron chi connectivity index (χ3n) is 4.44. The third kappa shape index (κ3) is 6.04. The lowest BCUT2D eigenvalue weighted by Crippen LogP contribution is -2.35. The summed E-state index contributed by atoms with van der Waals surface area (Å²) in [7, 11) is -3.30. The molecule has 0 bridgehead atoms. The minimum Gasteiger partial charge on any atom is -0.462 e. The zero-order chi connectivity index (χ0) is 22.0. The molecule has 0 amide bonds. The van der Waals surface area contributed by atoms with Crippen molar-refractivity contribution in [1.29, 1.82) is 0 Å². The van der Waals surface area contributed by atoms with Gasteiger partial charge in [-0.3, -0.25) is 9.59 Å². The first kappa shape index (κ1) is 23.4. The maximum atomic E-state index is 14.8. The van der Waals surface area contributed by atoms with Crippen LogP contribution in [-0.4, -0.2) is 30.3 Å². The van der Waals surface area contributed by atoms with E-state index in [2.05, 4.69) is 0 Å². The van der Waals surface area contributed by atoms with Crippen LogP contribution < -0.4 is 10.6 Å². The van der Waals surface area contributed by atoms with E-state index in [0.29, 0.717) is 10.6 Å². The molecule has 2 aromatic carbocycles. The average Bonchev–Trinajstić information content (AvgIpc) is 2.74. The van der Waals surface area contributed by atoms with Gasteiger partial charge in [-0.2, -0.15) is 0 Å². The van der Waals surface area contributed by atoms with Crippen LogP contribution in [0.15, 0.2) is 85.0 Å². The number of rotatable bonds is 9. The van der Waals surface area contributed by atoms with Crippen molar-refractivity contribution < 1.29 is 23.6 Å². The van der Waals surface area contributed by atoms with Gasteiger partial charge in [0.2, 0.25) is 0 Å². The fraction of sp³-hybridized carbons (Fsp3) is 0.250. The SMILES string of the molecule is C/C=C/[C@H](OC(C)=O)[C@@H](/C=C/COC(C)=O)P(=O)(c1ccccc1)c1ccccc1. The van der Waals surface area contributed by atoms with E-state index >= 15 is 0 Å². The number of hydrogen-bond donors (Lipinski definition) is 0. The summed E-state index contributed by atoms with van der Waals surface area (Å²) in [6.45, 7) is 4.50. The second-order valence-electron chi connectivity index (χ2n) is 6.65. The molecule has 0 aliphatic carbocycles. The normalized spacial score (nSPS) is 13.8. The number of allylic oxidation sites excluding steroid dienone is 1. The first-order valence-electron chi connectivity index (χ1n) is 9.70. The third-order valence-corrected chi connectivity index (χ3v) is 7.87. The topological polar surface area (TPSA) is 69.7 Å². The summed E-state index contributed by atoms with van der Waals surface area (Å²) < 4.78 is 25.3. The highest BCUT2D eigenvalue weighted by atomic mass is 31.2. The van der Waals surface area contributed by atoms with E-state index in [1.54, 1.807) is 24.3 Å². The van der Waals surface area contributed by atoms with Gasteiger partial charge in [0.25, 0.3) is 0 Å². The van der Waals surface area contributed by atoms with Gasteiger partial charge >= 0.3 is 11.9 Å². The molecule has 0 heterocycles. The Labute approximate surface area is 177 Å². The summed E-state index contributed by atoms with van der Waals surface area (Å²) in [6, 6.07) is 18.3. The molecule has 6 heteroatoms. The summed E-state index contributed by atoms with van der Waals surface area (Å²) in [5, 5.41) is 1.31. The highest BCUT2D eigenvalue weighted by Crippen LogP contribution is 2.51. The van der Waals surface area contributed by atoms with Crippen molar-refractivity contribution in [3.05, 3.63) is 85.0 Å². The van der Waals surface area contributed by atoms with Gasteiger partial charge in [-0.05, 0) is 13.0 Å². The van der Waals surface area contributed by atoms with Gasteiger partial charge in [-0.1, -0.05) is 78.9 Å². The molecule has 0 aromatic heterocycles. The molecule has 0 saturated carbocycles. The lowest BCUT2D eigenvalue weighted by Gasteiger charge is -2.31. The molecule has 0 spiro atoms. The van der Waals surface area contributed by atoms with Crippen molar-refractivity contribution in [3.63, 3.8) is 0 Å². The van der Waals surface area contributed by atoms with Crippen LogP contribution in [0.2, 0.25) is 0 Å². The predicted octanol–water partition coefficient (Wildman–Crippen LogP) is 4.00. The van der Waals surface area contributed by atoms with Crippen molar-refractivity contribution in [2.45, 2.75) is 32.5 Å². The fourth-order valence-electron chi connectivity index (χ4n) is 3.19. The molecule has 0 fully saturated rings. The molecule has 2 atom stereocenters. The highest BCUT2D eigenvalue weighted by Gasteiger charge is 2.40. The largest absolute Gasteiger partial charge is 0.462 e. The summed E-state index contributed by atoms with van der Waals surface area (Å²) >= 11 is 0. The van der Waals surface area contributed by atoms with Gasteiger partial charge in [0, 0.05) is 24.5 Å². The molecule has 30 heavy (non-hydrogen) atoms. The Morgan fingerprint density at radius 1 is 0.900 bits per heavy atom. The molecule has 2 aromatic rings. The van der Waals surface area contributed by atoms with Crippen molar-refractivity contribution in [2.24, 2.45) is 0 Å².